The molecule has 0 unspecified atom stereocenters. The molecule has 0 fully saturated rings. The van der Waals surface area contributed by atoms with Gasteiger partial charge in [0.2, 0.25) is 5.91 Å². The minimum Gasteiger partial charge on any atom is -0.278 e. The summed E-state index contributed by atoms with van der Waals surface area (Å²) >= 11 is 5.43. The molecule has 0 spiro atoms. The molecule has 8 heteroatoms. The Kier molecular flexibility index (Phi) is 3.84. The fourth-order valence-corrected chi connectivity index (χ4v) is 2.00. The van der Waals surface area contributed by atoms with Crippen molar-refractivity contribution in [2.45, 2.75) is 11.8 Å². The first kappa shape index (κ1) is 12.9. The number of carbonyl (C=O) groups excluding carboxylic acids is 1. The van der Waals surface area contributed by atoms with Crippen LogP contribution in [0.4, 0.5) is 4.39 Å². The third kappa shape index (κ3) is 3.16. The van der Waals surface area contributed by atoms with Crippen LogP contribution in [-0.4, -0.2) is 14.3 Å². The van der Waals surface area contributed by atoms with Crippen LogP contribution in [0.2, 0.25) is 5.02 Å². The number of hydrogen-bond acceptors (Lipinski definition) is 3. The van der Waals surface area contributed by atoms with Gasteiger partial charge in [-0.1, -0.05) is 11.6 Å². The highest BCUT2D eigenvalue weighted by molar-refractivity contribution is 7.89. The summed E-state index contributed by atoms with van der Waals surface area (Å²) in [5, 5.41) is -0.314. The Labute approximate surface area is 96.6 Å². The van der Waals surface area contributed by atoms with Crippen LogP contribution in [0.1, 0.15) is 6.92 Å². The number of halogens is 2. The molecule has 0 aliphatic heterocycles. The first-order valence-corrected chi connectivity index (χ1v) is 5.92. The number of carbonyl (C=O) groups is 1. The fourth-order valence-electron chi connectivity index (χ4n) is 0.842. The van der Waals surface area contributed by atoms with Gasteiger partial charge in [-0.3, -0.25) is 10.2 Å². The molecule has 0 atom stereocenters. The molecular weight excluding hydrogens is 259 g/mol. The zero-order chi connectivity index (χ0) is 12.3. The fraction of sp³-hybridized carbons (Fsp3) is 0.125. The molecule has 0 saturated heterocycles. The second-order valence-corrected chi connectivity index (χ2v) is 4.95. The third-order valence-corrected chi connectivity index (χ3v) is 3.10. The summed E-state index contributed by atoms with van der Waals surface area (Å²) in [5.41, 5.74) is 1.90. The van der Waals surface area contributed by atoms with Crippen LogP contribution in [0.25, 0.3) is 0 Å². The van der Waals surface area contributed by atoms with Gasteiger partial charge in [-0.25, -0.2) is 12.8 Å². The number of hydrogen-bond donors (Lipinski definition) is 2. The molecule has 88 valence electrons. The van der Waals surface area contributed by atoms with E-state index in [1.165, 1.54) is 0 Å². The van der Waals surface area contributed by atoms with Gasteiger partial charge in [-0.2, -0.15) is 0 Å². The van der Waals surface area contributed by atoms with Gasteiger partial charge in [0.05, 0.1) is 9.92 Å². The van der Waals surface area contributed by atoms with Crippen LogP contribution in [0.15, 0.2) is 23.1 Å². The lowest BCUT2D eigenvalue weighted by Gasteiger charge is -2.06. The van der Waals surface area contributed by atoms with Crippen LogP contribution < -0.4 is 10.3 Å². The molecule has 0 heterocycles. The molecule has 0 bridgehead atoms. The Balaban J connectivity index is 2.99. The molecular formula is C8H8ClFN2O3S. The quantitative estimate of drug-likeness (QED) is 0.795. The normalized spacial score (nSPS) is 11.2. The topological polar surface area (TPSA) is 75.3 Å². The van der Waals surface area contributed by atoms with Crippen LogP contribution in [-0.2, 0) is 14.8 Å². The largest absolute Gasteiger partial charge is 0.278 e. The summed E-state index contributed by atoms with van der Waals surface area (Å²) in [6.45, 7) is 1.14. The third-order valence-electron chi connectivity index (χ3n) is 1.56. The van der Waals surface area contributed by atoms with Gasteiger partial charge in [0.15, 0.2) is 0 Å². The summed E-state index contributed by atoms with van der Waals surface area (Å²) in [4.78, 5) is 12.1. The lowest BCUT2D eigenvalue weighted by Crippen LogP contribution is -2.40. The van der Waals surface area contributed by atoms with Gasteiger partial charge < -0.3 is 0 Å². The zero-order valence-electron chi connectivity index (χ0n) is 8.12. The maximum absolute atomic E-state index is 12.8. The van der Waals surface area contributed by atoms with E-state index in [9.17, 15) is 17.6 Å². The molecule has 0 aromatic heterocycles. The smallest absolute Gasteiger partial charge is 0.257 e. The first-order chi connectivity index (χ1) is 7.33. The van der Waals surface area contributed by atoms with Crippen molar-refractivity contribution in [3.8, 4) is 0 Å². The van der Waals surface area contributed by atoms with Crippen molar-refractivity contribution in [2.24, 2.45) is 0 Å². The van der Waals surface area contributed by atoms with E-state index in [1.807, 2.05) is 10.3 Å². The summed E-state index contributed by atoms with van der Waals surface area (Å²) in [7, 11) is -3.93. The summed E-state index contributed by atoms with van der Waals surface area (Å²) < 4.78 is 35.8. The average molecular weight is 267 g/mol. The van der Waals surface area contributed by atoms with E-state index in [-0.39, 0.29) is 9.92 Å². The number of nitrogens with one attached hydrogen (secondary N) is 2. The highest BCUT2D eigenvalue weighted by Gasteiger charge is 2.15. The van der Waals surface area contributed by atoms with Crippen molar-refractivity contribution >= 4 is 27.5 Å². The Hall–Kier alpha value is -1.18. The molecule has 1 rings (SSSR count). The maximum Gasteiger partial charge on any atom is 0.257 e. The predicted octanol–water partition coefficient (Wildman–Crippen LogP) is 0.809. The number of hydrazine groups is 1. The number of sulfonamides is 1. The SMILES string of the molecule is CC(=O)NNS(=O)(=O)c1ccc(F)c(Cl)c1. The van der Waals surface area contributed by atoms with Crippen molar-refractivity contribution in [2.75, 3.05) is 0 Å². The van der Waals surface area contributed by atoms with Crippen LogP contribution in [0.3, 0.4) is 0 Å². The highest BCUT2D eigenvalue weighted by Crippen LogP contribution is 2.18. The Morgan fingerprint density at radius 1 is 1.44 bits per heavy atom. The van der Waals surface area contributed by atoms with Crippen molar-refractivity contribution in [3.05, 3.63) is 29.0 Å². The maximum atomic E-state index is 12.8. The Morgan fingerprint density at radius 3 is 2.56 bits per heavy atom. The summed E-state index contributed by atoms with van der Waals surface area (Å²) in [6.07, 6.45) is 0. The standard InChI is InChI=1S/C8H8ClFN2O3S/c1-5(13)11-12-16(14,15)6-2-3-8(10)7(9)4-6/h2-4,12H,1H3,(H,11,13). The molecule has 0 aliphatic rings. The monoisotopic (exact) mass is 266 g/mol. The van der Waals surface area contributed by atoms with Gasteiger partial charge >= 0.3 is 0 Å². The van der Waals surface area contributed by atoms with Crippen molar-refractivity contribution < 1.29 is 17.6 Å². The van der Waals surface area contributed by atoms with Gasteiger partial charge in [-0.05, 0) is 18.2 Å². The molecule has 1 amide bonds. The lowest BCUT2D eigenvalue weighted by atomic mass is 10.3. The minimum atomic E-state index is -3.93. The first-order valence-electron chi connectivity index (χ1n) is 4.06. The average Bonchev–Trinajstić information content (AvgIpc) is 2.19. The van der Waals surface area contributed by atoms with E-state index in [1.54, 1.807) is 0 Å². The van der Waals surface area contributed by atoms with Crippen LogP contribution in [0, 0.1) is 5.82 Å². The van der Waals surface area contributed by atoms with E-state index in [0.717, 1.165) is 25.1 Å². The summed E-state index contributed by atoms with van der Waals surface area (Å²) in [6, 6.07) is 2.90. The van der Waals surface area contributed by atoms with Crippen LogP contribution in [0.5, 0.6) is 0 Å². The lowest BCUT2D eigenvalue weighted by molar-refractivity contribution is -0.119. The number of amides is 1. The molecule has 1 aromatic carbocycles. The van der Waals surface area contributed by atoms with Gasteiger partial charge in [-0.15, -0.1) is 4.83 Å². The molecule has 0 saturated carbocycles. The Bertz CT molecular complexity index is 518. The zero-order valence-corrected chi connectivity index (χ0v) is 9.69. The Morgan fingerprint density at radius 2 is 2.06 bits per heavy atom. The summed E-state index contributed by atoms with van der Waals surface area (Å²) in [5.74, 6) is -1.29. The second-order valence-electron chi connectivity index (χ2n) is 2.86. The van der Waals surface area contributed by atoms with Crippen LogP contribution >= 0.6 is 11.6 Å². The number of benzene rings is 1. The molecule has 16 heavy (non-hydrogen) atoms. The highest BCUT2D eigenvalue weighted by atomic mass is 35.5. The molecule has 5 nitrogen and oxygen atoms in total. The molecule has 0 radical (unpaired) electrons. The van der Waals surface area contributed by atoms with E-state index in [4.69, 9.17) is 11.6 Å². The van der Waals surface area contributed by atoms with Gasteiger partial charge in [0.25, 0.3) is 10.0 Å². The number of rotatable bonds is 3. The van der Waals surface area contributed by atoms with Gasteiger partial charge in [0, 0.05) is 6.92 Å². The minimum absolute atomic E-state index is 0.243. The van der Waals surface area contributed by atoms with Crippen molar-refractivity contribution in [1.29, 1.82) is 0 Å². The second kappa shape index (κ2) is 4.77. The van der Waals surface area contributed by atoms with E-state index >= 15 is 0 Å². The van der Waals surface area contributed by atoms with E-state index in [0.29, 0.717) is 0 Å². The molecule has 1 aromatic rings. The van der Waals surface area contributed by atoms with E-state index < -0.39 is 21.7 Å². The molecule has 0 aliphatic carbocycles. The molecule has 2 N–H and O–H groups in total. The van der Waals surface area contributed by atoms with Crippen molar-refractivity contribution in [3.63, 3.8) is 0 Å². The van der Waals surface area contributed by atoms with Crippen molar-refractivity contribution in [1.82, 2.24) is 10.3 Å². The predicted molar refractivity (Wildman–Crippen MR) is 55.5 cm³/mol. The van der Waals surface area contributed by atoms with E-state index in [2.05, 4.69) is 0 Å². The van der Waals surface area contributed by atoms with Gasteiger partial charge in [0.1, 0.15) is 5.82 Å².